The summed E-state index contributed by atoms with van der Waals surface area (Å²) in [6.07, 6.45) is -4.30. The molecule has 2 rings (SSSR count). The molecule has 0 saturated heterocycles. The number of alkyl halides is 3. The summed E-state index contributed by atoms with van der Waals surface area (Å²) in [6.45, 7) is -0.235. The summed E-state index contributed by atoms with van der Waals surface area (Å²) in [6, 6.07) is 5.76. The summed E-state index contributed by atoms with van der Waals surface area (Å²) < 4.78 is 51.5. The van der Waals surface area contributed by atoms with Gasteiger partial charge in [0.05, 0.1) is 5.56 Å². The first-order valence-electron chi connectivity index (χ1n) is 5.39. The second-order valence-electron chi connectivity index (χ2n) is 4.32. The lowest BCUT2D eigenvalue weighted by molar-refractivity contribution is -0.166. The van der Waals surface area contributed by atoms with Gasteiger partial charge in [-0.1, -0.05) is 12.1 Å². The van der Waals surface area contributed by atoms with Gasteiger partial charge in [-0.15, -0.1) is 0 Å². The van der Waals surface area contributed by atoms with Crippen molar-refractivity contribution < 1.29 is 17.6 Å². The average Bonchev–Trinajstić information content (AvgIpc) is 3.08. The molecule has 1 saturated carbocycles. The van der Waals surface area contributed by atoms with Crippen molar-refractivity contribution >= 4 is 0 Å². The Balaban J connectivity index is 2.11. The number of halogens is 4. The van der Waals surface area contributed by atoms with Crippen molar-refractivity contribution in [3.05, 3.63) is 35.1 Å². The molecule has 1 aliphatic rings. The Labute approximate surface area is 101 Å². The first-order chi connectivity index (χ1) is 8.39. The Morgan fingerprint density at radius 3 is 2.50 bits per heavy atom. The molecule has 1 aliphatic carbocycles. The highest BCUT2D eigenvalue weighted by Gasteiger charge is 2.62. The van der Waals surface area contributed by atoms with E-state index in [4.69, 9.17) is 5.26 Å². The molecular weight excluding hydrogens is 248 g/mol. The van der Waals surface area contributed by atoms with Crippen molar-refractivity contribution in [1.82, 2.24) is 5.32 Å². The van der Waals surface area contributed by atoms with Crippen LogP contribution in [0.25, 0.3) is 0 Å². The van der Waals surface area contributed by atoms with Gasteiger partial charge >= 0.3 is 6.18 Å². The maximum Gasteiger partial charge on any atom is 0.406 e. The van der Waals surface area contributed by atoms with Crippen LogP contribution in [0.1, 0.15) is 24.0 Å². The van der Waals surface area contributed by atoms with E-state index in [0.29, 0.717) is 0 Å². The number of hydrogen-bond acceptors (Lipinski definition) is 2. The van der Waals surface area contributed by atoms with Crippen LogP contribution in [0.4, 0.5) is 17.6 Å². The fourth-order valence-corrected chi connectivity index (χ4v) is 1.75. The van der Waals surface area contributed by atoms with E-state index >= 15 is 0 Å². The van der Waals surface area contributed by atoms with E-state index in [-0.39, 0.29) is 30.5 Å². The van der Waals surface area contributed by atoms with Crippen LogP contribution < -0.4 is 5.32 Å². The number of rotatable bonds is 3. The number of hydrogen-bond donors (Lipinski definition) is 1. The number of nitrogens with zero attached hydrogens (tertiary/aromatic N) is 1. The molecule has 0 spiro atoms. The van der Waals surface area contributed by atoms with Crippen LogP contribution in [0.3, 0.4) is 0 Å². The normalized spacial score (nSPS) is 17.3. The van der Waals surface area contributed by atoms with E-state index in [9.17, 15) is 17.6 Å². The molecule has 0 aromatic heterocycles. The molecule has 0 heterocycles. The van der Waals surface area contributed by atoms with E-state index in [1.165, 1.54) is 18.2 Å². The smallest absolute Gasteiger partial charge is 0.299 e. The SMILES string of the molecule is N#Cc1cccc(CNC2(C(F)(F)F)CC2)c1F. The summed E-state index contributed by atoms with van der Waals surface area (Å²) >= 11 is 0. The molecule has 0 radical (unpaired) electrons. The molecule has 0 bridgehead atoms. The van der Waals surface area contributed by atoms with Crippen molar-refractivity contribution in [3.8, 4) is 6.07 Å². The summed E-state index contributed by atoms with van der Waals surface area (Å²) in [5.41, 5.74) is -1.96. The van der Waals surface area contributed by atoms with Gasteiger partial charge in [-0.2, -0.15) is 18.4 Å². The van der Waals surface area contributed by atoms with E-state index in [0.717, 1.165) is 0 Å². The lowest BCUT2D eigenvalue weighted by atomic mass is 10.1. The molecule has 0 unspecified atom stereocenters. The first-order valence-corrected chi connectivity index (χ1v) is 5.39. The largest absolute Gasteiger partial charge is 0.406 e. The maximum atomic E-state index is 13.6. The quantitative estimate of drug-likeness (QED) is 0.846. The Morgan fingerprint density at radius 1 is 1.33 bits per heavy atom. The van der Waals surface area contributed by atoms with Crippen molar-refractivity contribution in [2.45, 2.75) is 31.1 Å². The van der Waals surface area contributed by atoms with Gasteiger partial charge in [0, 0.05) is 12.1 Å². The van der Waals surface area contributed by atoms with E-state index < -0.39 is 17.5 Å². The minimum Gasteiger partial charge on any atom is -0.299 e. The zero-order chi connectivity index (χ0) is 13.4. The molecule has 1 aromatic carbocycles. The molecule has 6 heteroatoms. The first kappa shape index (κ1) is 12.8. The number of benzene rings is 1. The third kappa shape index (κ3) is 2.18. The van der Waals surface area contributed by atoms with Gasteiger partial charge < -0.3 is 0 Å². The predicted octanol–water partition coefficient (Wildman–Crippen LogP) is 2.88. The van der Waals surface area contributed by atoms with Crippen LogP contribution in [-0.2, 0) is 6.54 Å². The van der Waals surface area contributed by atoms with Crippen molar-refractivity contribution in [2.24, 2.45) is 0 Å². The van der Waals surface area contributed by atoms with Gasteiger partial charge in [0.2, 0.25) is 0 Å². The lowest BCUT2D eigenvalue weighted by Crippen LogP contribution is -2.44. The molecule has 2 nitrogen and oxygen atoms in total. The van der Waals surface area contributed by atoms with E-state index in [1.807, 2.05) is 0 Å². The second-order valence-corrected chi connectivity index (χ2v) is 4.32. The molecule has 1 aromatic rings. The molecule has 1 N–H and O–H groups in total. The van der Waals surface area contributed by atoms with Crippen LogP contribution in [0.2, 0.25) is 0 Å². The molecule has 0 atom stereocenters. The Bertz CT molecular complexity index is 498. The summed E-state index contributed by atoms with van der Waals surface area (Å²) in [5, 5.41) is 11.0. The van der Waals surface area contributed by atoms with Gasteiger partial charge in [0.25, 0.3) is 0 Å². The fourth-order valence-electron chi connectivity index (χ4n) is 1.75. The minimum atomic E-state index is -4.32. The summed E-state index contributed by atoms with van der Waals surface area (Å²) in [4.78, 5) is 0. The Kier molecular flexibility index (Phi) is 3.03. The van der Waals surface area contributed by atoms with Gasteiger partial charge in [-0.25, -0.2) is 4.39 Å². The highest BCUT2D eigenvalue weighted by atomic mass is 19.4. The van der Waals surface area contributed by atoms with Gasteiger partial charge in [0.1, 0.15) is 17.4 Å². The highest BCUT2D eigenvalue weighted by molar-refractivity contribution is 5.35. The fraction of sp³-hybridized carbons (Fsp3) is 0.417. The predicted molar refractivity (Wildman–Crippen MR) is 56.0 cm³/mol. The van der Waals surface area contributed by atoms with Gasteiger partial charge in [-0.05, 0) is 18.9 Å². The number of nitrogens with one attached hydrogen (secondary N) is 1. The van der Waals surface area contributed by atoms with E-state index in [1.54, 1.807) is 6.07 Å². The molecule has 96 valence electrons. The highest BCUT2D eigenvalue weighted by Crippen LogP contribution is 2.49. The third-order valence-corrected chi connectivity index (χ3v) is 3.11. The third-order valence-electron chi connectivity index (χ3n) is 3.11. The van der Waals surface area contributed by atoms with Crippen molar-refractivity contribution in [1.29, 1.82) is 5.26 Å². The van der Waals surface area contributed by atoms with Crippen LogP contribution in [0.15, 0.2) is 18.2 Å². The Hall–Kier alpha value is -1.61. The zero-order valence-electron chi connectivity index (χ0n) is 9.31. The molecule has 0 amide bonds. The Morgan fingerprint density at radius 2 is 2.00 bits per heavy atom. The molecule has 0 aliphatic heterocycles. The van der Waals surface area contributed by atoms with Crippen LogP contribution in [0.5, 0.6) is 0 Å². The zero-order valence-corrected chi connectivity index (χ0v) is 9.31. The minimum absolute atomic E-state index is 0.00998. The van der Waals surface area contributed by atoms with Crippen LogP contribution >= 0.6 is 0 Å². The average molecular weight is 258 g/mol. The van der Waals surface area contributed by atoms with E-state index in [2.05, 4.69) is 5.32 Å². The standard InChI is InChI=1S/C12H10F4N2/c13-10-8(6-17)2-1-3-9(10)7-18-11(4-5-11)12(14,15)16/h1-3,18H,4-5,7H2. The lowest BCUT2D eigenvalue weighted by Gasteiger charge is -2.20. The molecule has 18 heavy (non-hydrogen) atoms. The monoisotopic (exact) mass is 258 g/mol. The number of nitriles is 1. The van der Waals surface area contributed by atoms with Crippen molar-refractivity contribution in [3.63, 3.8) is 0 Å². The summed E-state index contributed by atoms with van der Waals surface area (Å²) in [7, 11) is 0. The van der Waals surface area contributed by atoms with Crippen LogP contribution in [0, 0.1) is 17.1 Å². The van der Waals surface area contributed by atoms with Gasteiger partial charge in [0.15, 0.2) is 0 Å². The van der Waals surface area contributed by atoms with Crippen LogP contribution in [-0.4, -0.2) is 11.7 Å². The topological polar surface area (TPSA) is 35.8 Å². The van der Waals surface area contributed by atoms with Crippen molar-refractivity contribution in [2.75, 3.05) is 0 Å². The van der Waals surface area contributed by atoms with Gasteiger partial charge in [-0.3, -0.25) is 5.32 Å². The maximum absolute atomic E-state index is 13.6. The summed E-state index contributed by atoms with van der Waals surface area (Å²) in [5.74, 6) is -0.759. The second kappa shape index (κ2) is 4.25. The molecule has 1 fully saturated rings. The molecular formula is C12H10F4N2.